The van der Waals surface area contributed by atoms with E-state index in [1.807, 2.05) is 4.90 Å². The van der Waals surface area contributed by atoms with E-state index in [2.05, 4.69) is 26.6 Å². The van der Waals surface area contributed by atoms with Crippen LogP contribution >= 0.6 is 0 Å². The molecule has 0 radical (unpaired) electrons. The largest absolute Gasteiger partial charge is 0.464 e. The Hall–Kier alpha value is -2.44. The van der Waals surface area contributed by atoms with E-state index in [1.165, 1.54) is 13.2 Å². The standard InChI is InChI=1S/C15H20N4O3/c1-4-13-17-12(15(21)22-3)9-14(18-13)16-11-5-7-19(8-6-11)10(2)20/h4,9,11H,1,5-8H2,2-3H3,(H,16,17,18). The average molecular weight is 304 g/mol. The molecule has 0 atom stereocenters. The molecule has 2 rings (SSSR count). The molecule has 0 aliphatic carbocycles. The van der Waals surface area contributed by atoms with Gasteiger partial charge in [0.15, 0.2) is 11.5 Å². The fraction of sp³-hybridized carbons (Fsp3) is 0.467. The van der Waals surface area contributed by atoms with Crippen LogP contribution in [0.3, 0.4) is 0 Å². The summed E-state index contributed by atoms with van der Waals surface area (Å²) in [5, 5.41) is 3.29. The number of hydrogen-bond donors (Lipinski definition) is 1. The maximum Gasteiger partial charge on any atom is 0.356 e. The number of aromatic nitrogens is 2. The molecule has 2 heterocycles. The van der Waals surface area contributed by atoms with E-state index in [0.29, 0.717) is 11.6 Å². The molecule has 1 aliphatic rings. The molecule has 22 heavy (non-hydrogen) atoms. The van der Waals surface area contributed by atoms with Gasteiger partial charge in [0.2, 0.25) is 5.91 Å². The second kappa shape index (κ2) is 7.02. The lowest BCUT2D eigenvalue weighted by atomic mass is 10.1. The van der Waals surface area contributed by atoms with E-state index in [9.17, 15) is 9.59 Å². The van der Waals surface area contributed by atoms with Crippen LogP contribution in [0.15, 0.2) is 12.6 Å². The maximum atomic E-state index is 11.6. The normalized spacial score (nSPS) is 15.3. The average Bonchev–Trinajstić information content (AvgIpc) is 2.54. The number of methoxy groups -OCH3 is 1. The second-order valence-electron chi connectivity index (χ2n) is 5.12. The first kappa shape index (κ1) is 15.9. The molecule has 1 saturated heterocycles. The van der Waals surface area contributed by atoms with Crippen molar-refractivity contribution in [3.05, 3.63) is 24.2 Å². The predicted octanol–water partition coefficient (Wildman–Crippen LogP) is 1.33. The maximum absolute atomic E-state index is 11.6. The Morgan fingerprint density at radius 1 is 1.41 bits per heavy atom. The van der Waals surface area contributed by atoms with Crippen LogP contribution in [0.1, 0.15) is 36.1 Å². The minimum Gasteiger partial charge on any atom is -0.464 e. The molecule has 1 fully saturated rings. The molecular formula is C15H20N4O3. The Balaban J connectivity index is 2.08. The Labute approximate surface area is 129 Å². The summed E-state index contributed by atoms with van der Waals surface area (Å²) in [7, 11) is 1.31. The van der Waals surface area contributed by atoms with Gasteiger partial charge in [-0.25, -0.2) is 14.8 Å². The summed E-state index contributed by atoms with van der Waals surface area (Å²) >= 11 is 0. The first-order valence-corrected chi connectivity index (χ1v) is 7.15. The molecule has 0 aromatic carbocycles. The van der Waals surface area contributed by atoms with Crippen LogP contribution in [0.5, 0.6) is 0 Å². The molecule has 1 N–H and O–H groups in total. The number of hydrogen-bond acceptors (Lipinski definition) is 6. The first-order valence-electron chi connectivity index (χ1n) is 7.15. The molecule has 7 nitrogen and oxygen atoms in total. The Kier molecular flexibility index (Phi) is 5.08. The molecule has 0 saturated carbocycles. The van der Waals surface area contributed by atoms with Crippen LogP contribution in [0.25, 0.3) is 6.08 Å². The quantitative estimate of drug-likeness (QED) is 0.845. The van der Waals surface area contributed by atoms with Crippen molar-refractivity contribution in [2.45, 2.75) is 25.8 Å². The van der Waals surface area contributed by atoms with E-state index in [4.69, 9.17) is 0 Å². The minimum absolute atomic E-state index is 0.0995. The molecular weight excluding hydrogens is 284 g/mol. The van der Waals surface area contributed by atoms with E-state index >= 15 is 0 Å². The number of likely N-dealkylation sites (tertiary alicyclic amines) is 1. The smallest absolute Gasteiger partial charge is 0.356 e. The van der Waals surface area contributed by atoms with Crippen LogP contribution in [0, 0.1) is 0 Å². The predicted molar refractivity (Wildman–Crippen MR) is 82.4 cm³/mol. The molecule has 1 aliphatic heterocycles. The number of amides is 1. The highest BCUT2D eigenvalue weighted by Crippen LogP contribution is 2.17. The highest BCUT2D eigenvalue weighted by molar-refractivity contribution is 5.88. The van der Waals surface area contributed by atoms with E-state index in [0.717, 1.165) is 25.9 Å². The van der Waals surface area contributed by atoms with Gasteiger partial charge >= 0.3 is 5.97 Å². The Morgan fingerprint density at radius 2 is 2.09 bits per heavy atom. The van der Waals surface area contributed by atoms with Crippen LogP contribution in [-0.2, 0) is 9.53 Å². The molecule has 118 valence electrons. The lowest BCUT2D eigenvalue weighted by Crippen LogP contribution is -2.41. The zero-order chi connectivity index (χ0) is 16.1. The zero-order valence-electron chi connectivity index (χ0n) is 12.8. The summed E-state index contributed by atoms with van der Waals surface area (Å²) < 4.78 is 4.69. The number of nitrogens with one attached hydrogen (secondary N) is 1. The van der Waals surface area contributed by atoms with Gasteiger partial charge in [0.1, 0.15) is 5.82 Å². The number of anilines is 1. The molecule has 0 bridgehead atoms. The van der Waals surface area contributed by atoms with Gasteiger partial charge in [0, 0.05) is 32.1 Å². The fourth-order valence-corrected chi connectivity index (χ4v) is 2.39. The number of piperidine rings is 1. The summed E-state index contributed by atoms with van der Waals surface area (Å²) in [4.78, 5) is 33.1. The van der Waals surface area contributed by atoms with E-state index < -0.39 is 5.97 Å². The van der Waals surface area contributed by atoms with Gasteiger partial charge in [-0.15, -0.1) is 0 Å². The lowest BCUT2D eigenvalue weighted by Gasteiger charge is -2.32. The highest BCUT2D eigenvalue weighted by atomic mass is 16.5. The minimum atomic E-state index is -0.514. The molecule has 0 unspecified atom stereocenters. The third kappa shape index (κ3) is 3.81. The Bertz CT molecular complexity index is 580. The van der Waals surface area contributed by atoms with Gasteiger partial charge in [-0.2, -0.15) is 0 Å². The van der Waals surface area contributed by atoms with Crippen molar-refractivity contribution in [2.24, 2.45) is 0 Å². The van der Waals surface area contributed by atoms with Gasteiger partial charge in [0.05, 0.1) is 7.11 Å². The monoisotopic (exact) mass is 304 g/mol. The third-order valence-corrected chi connectivity index (χ3v) is 3.61. The summed E-state index contributed by atoms with van der Waals surface area (Å²) in [6.07, 6.45) is 3.15. The molecule has 0 spiro atoms. The summed E-state index contributed by atoms with van der Waals surface area (Å²) in [6, 6.07) is 1.77. The second-order valence-corrected chi connectivity index (χ2v) is 5.12. The molecule has 1 aromatic heterocycles. The lowest BCUT2D eigenvalue weighted by molar-refractivity contribution is -0.129. The summed E-state index contributed by atoms with van der Waals surface area (Å²) in [5.41, 5.74) is 0.191. The van der Waals surface area contributed by atoms with Crippen LogP contribution in [-0.4, -0.2) is 53.0 Å². The topological polar surface area (TPSA) is 84.4 Å². The van der Waals surface area contributed by atoms with E-state index in [-0.39, 0.29) is 17.6 Å². The number of nitrogens with zero attached hydrogens (tertiary/aromatic N) is 3. The van der Waals surface area contributed by atoms with Gasteiger partial charge in [-0.05, 0) is 18.9 Å². The van der Waals surface area contributed by atoms with Crippen LogP contribution in [0.2, 0.25) is 0 Å². The molecule has 7 heteroatoms. The third-order valence-electron chi connectivity index (χ3n) is 3.61. The van der Waals surface area contributed by atoms with Crippen molar-refractivity contribution in [3.8, 4) is 0 Å². The van der Waals surface area contributed by atoms with Gasteiger partial charge in [-0.3, -0.25) is 4.79 Å². The van der Waals surface area contributed by atoms with E-state index in [1.54, 1.807) is 13.0 Å². The van der Waals surface area contributed by atoms with Crippen molar-refractivity contribution < 1.29 is 14.3 Å². The summed E-state index contributed by atoms with van der Waals surface area (Å²) in [6.45, 7) is 6.64. The van der Waals surface area contributed by atoms with Gasteiger partial charge < -0.3 is 15.0 Å². The number of esters is 1. The SMILES string of the molecule is C=Cc1nc(NC2CCN(C(C)=O)CC2)cc(C(=O)OC)n1. The molecule has 1 aromatic rings. The number of carbonyl (C=O) groups excluding carboxylic acids is 2. The van der Waals surface area contributed by atoms with Gasteiger partial charge in [-0.1, -0.05) is 6.58 Å². The molecule has 1 amide bonds. The Morgan fingerprint density at radius 3 is 2.64 bits per heavy atom. The summed E-state index contributed by atoms with van der Waals surface area (Å²) in [5.74, 6) is 0.514. The number of ether oxygens (including phenoxy) is 1. The fourth-order valence-electron chi connectivity index (χ4n) is 2.39. The zero-order valence-corrected chi connectivity index (χ0v) is 12.8. The van der Waals surface area contributed by atoms with Crippen molar-refractivity contribution in [1.29, 1.82) is 0 Å². The number of rotatable bonds is 4. The van der Waals surface area contributed by atoms with Crippen LogP contribution in [0.4, 0.5) is 5.82 Å². The van der Waals surface area contributed by atoms with Crippen LogP contribution < -0.4 is 5.32 Å². The van der Waals surface area contributed by atoms with Crippen molar-refractivity contribution in [1.82, 2.24) is 14.9 Å². The first-order chi connectivity index (χ1) is 10.5. The number of carbonyl (C=O) groups is 2. The van der Waals surface area contributed by atoms with Crippen molar-refractivity contribution in [3.63, 3.8) is 0 Å². The van der Waals surface area contributed by atoms with Crippen molar-refractivity contribution >= 4 is 23.8 Å². The van der Waals surface area contributed by atoms with Gasteiger partial charge in [0.25, 0.3) is 0 Å². The van der Waals surface area contributed by atoms with Crippen molar-refractivity contribution in [2.75, 3.05) is 25.5 Å². The highest BCUT2D eigenvalue weighted by Gasteiger charge is 2.21.